The highest BCUT2D eigenvalue weighted by Gasteiger charge is 2.14. The van der Waals surface area contributed by atoms with Crippen LogP contribution in [0.1, 0.15) is 26.2 Å². The van der Waals surface area contributed by atoms with Crippen LogP contribution in [0, 0.1) is 0 Å². The summed E-state index contributed by atoms with van der Waals surface area (Å²) >= 11 is 0. The molecule has 0 saturated carbocycles. The highest BCUT2D eigenvalue weighted by molar-refractivity contribution is 5.11. The smallest absolute Gasteiger partial charge is 0.199 e. The van der Waals surface area contributed by atoms with Crippen molar-refractivity contribution in [2.75, 3.05) is 6.61 Å². The van der Waals surface area contributed by atoms with Crippen LogP contribution in [0.4, 0.5) is 0 Å². The number of hydrogen-bond acceptors (Lipinski definition) is 2. The van der Waals surface area contributed by atoms with Gasteiger partial charge in [-0.1, -0.05) is 24.8 Å². The highest BCUT2D eigenvalue weighted by Crippen LogP contribution is 2.16. The quantitative estimate of drug-likeness (QED) is 0.505. The molecule has 1 heterocycles. The fraction of sp³-hybridized carbons (Fsp3) is 0.500. The molecule has 0 spiro atoms. The molecule has 0 aromatic rings. The molecule has 2 heteroatoms. The van der Waals surface area contributed by atoms with Crippen LogP contribution in [0.3, 0.4) is 0 Å². The van der Waals surface area contributed by atoms with Gasteiger partial charge in [0.25, 0.3) is 0 Å². The van der Waals surface area contributed by atoms with Gasteiger partial charge in [-0.2, -0.15) is 0 Å². The van der Waals surface area contributed by atoms with E-state index in [0.717, 1.165) is 25.2 Å². The molecule has 0 amide bonds. The maximum Gasteiger partial charge on any atom is 0.199 e. The Morgan fingerprint density at radius 3 is 2.93 bits per heavy atom. The van der Waals surface area contributed by atoms with Crippen molar-refractivity contribution in [3.8, 4) is 0 Å². The van der Waals surface area contributed by atoms with Gasteiger partial charge in [0.2, 0.25) is 0 Å². The fourth-order valence-electron chi connectivity index (χ4n) is 1.32. The summed E-state index contributed by atoms with van der Waals surface area (Å²) in [6.07, 6.45) is 10.7. The van der Waals surface area contributed by atoms with E-state index in [0.29, 0.717) is 0 Å². The van der Waals surface area contributed by atoms with Crippen molar-refractivity contribution in [3.05, 3.63) is 36.6 Å². The molecule has 1 saturated heterocycles. The first-order valence-electron chi connectivity index (χ1n) is 5.07. The van der Waals surface area contributed by atoms with Gasteiger partial charge in [0, 0.05) is 6.42 Å². The van der Waals surface area contributed by atoms with Crippen molar-refractivity contribution in [1.82, 2.24) is 0 Å². The monoisotopic (exact) mass is 194 g/mol. The molecule has 0 aromatic heterocycles. The van der Waals surface area contributed by atoms with Crippen molar-refractivity contribution in [1.29, 1.82) is 0 Å². The Morgan fingerprint density at radius 1 is 1.43 bits per heavy atom. The van der Waals surface area contributed by atoms with E-state index in [-0.39, 0.29) is 6.29 Å². The molecular formula is C12H18O2. The van der Waals surface area contributed by atoms with Crippen LogP contribution in [0.2, 0.25) is 0 Å². The minimum Gasteiger partial charge on any atom is -0.470 e. The number of hydrogen-bond donors (Lipinski definition) is 0. The van der Waals surface area contributed by atoms with E-state index in [9.17, 15) is 0 Å². The molecule has 1 aliphatic heterocycles. The second-order valence-electron chi connectivity index (χ2n) is 3.31. The lowest BCUT2D eigenvalue weighted by Crippen LogP contribution is -2.21. The maximum atomic E-state index is 5.59. The second-order valence-corrected chi connectivity index (χ2v) is 3.31. The van der Waals surface area contributed by atoms with Gasteiger partial charge in [-0.25, -0.2) is 0 Å². The Hall–Kier alpha value is -1.02. The van der Waals surface area contributed by atoms with Gasteiger partial charge >= 0.3 is 0 Å². The van der Waals surface area contributed by atoms with Gasteiger partial charge < -0.3 is 9.47 Å². The van der Waals surface area contributed by atoms with E-state index < -0.39 is 0 Å². The lowest BCUT2D eigenvalue weighted by Gasteiger charge is -2.23. The number of rotatable bonds is 4. The lowest BCUT2D eigenvalue weighted by atomic mass is 10.2. The van der Waals surface area contributed by atoms with Crippen molar-refractivity contribution in [3.63, 3.8) is 0 Å². The summed E-state index contributed by atoms with van der Waals surface area (Å²) in [5.74, 6) is 0.884. The Labute approximate surface area is 85.9 Å². The average Bonchev–Trinajstić information content (AvgIpc) is 2.20. The van der Waals surface area contributed by atoms with Crippen LogP contribution in [-0.2, 0) is 9.47 Å². The Balaban J connectivity index is 2.30. The van der Waals surface area contributed by atoms with Gasteiger partial charge in [-0.15, -0.1) is 0 Å². The van der Waals surface area contributed by atoms with Crippen molar-refractivity contribution < 1.29 is 9.47 Å². The third-order valence-electron chi connectivity index (χ3n) is 2.03. The summed E-state index contributed by atoms with van der Waals surface area (Å²) in [4.78, 5) is 0. The van der Waals surface area contributed by atoms with Crippen LogP contribution in [0.15, 0.2) is 36.6 Å². The largest absolute Gasteiger partial charge is 0.470 e. The molecular weight excluding hydrogens is 176 g/mol. The normalized spacial score (nSPS) is 23.8. The molecule has 1 fully saturated rings. The molecule has 0 aromatic carbocycles. The van der Waals surface area contributed by atoms with E-state index in [2.05, 4.69) is 6.58 Å². The molecule has 0 radical (unpaired) electrons. The van der Waals surface area contributed by atoms with Gasteiger partial charge in [0.1, 0.15) is 0 Å². The zero-order chi connectivity index (χ0) is 10.2. The number of ether oxygens (including phenoxy) is 2. The minimum absolute atomic E-state index is 0.0443. The lowest BCUT2D eigenvalue weighted by molar-refractivity contribution is -0.138. The topological polar surface area (TPSA) is 18.5 Å². The molecule has 1 rings (SSSR count). The minimum atomic E-state index is -0.0443. The van der Waals surface area contributed by atoms with Crippen LogP contribution < -0.4 is 0 Å². The first-order chi connectivity index (χ1) is 6.83. The van der Waals surface area contributed by atoms with Crippen LogP contribution >= 0.6 is 0 Å². The van der Waals surface area contributed by atoms with E-state index in [1.807, 2.05) is 25.2 Å². The zero-order valence-electron chi connectivity index (χ0n) is 8.74. The van der Waals surface area contributed by atoms with Crippen LogP contribution in [-0.4, -0.2) is 12.9 Å². The molecule has 78 valence electrons. The molecule has 2 nitrogen and oxygen atoms in total. The zero-order valence-corrected chi connectivity index (χ0v) is 8.74. The summed E-state index contributed by atoms with van der Waals surface area (Å²) in [6, 6.07) is 0. The van der Waals surface area contributed by atoms with E-state index >= 15 is 0 Å². The third kappa shape index (κ3) is 4.28. The average molecular weight is 194 g/mol. The highest BCUT2D eigenvalue weighted by atomic mass is 16.7. The Kier molecular flexibility index (Phi) is 5.08. The summed E-state index contributed by atoms with van der Waals surface area (Å²) in [5.41, 5.74) is 0. The maximum absolute atomic E-state index is 5.59. The predicted molar refractivity (Wildman–Crippen MR) is 57.8 cm³/mol. The SMILES string of the molecule is C=C/C=C\C=C(/C)OC1CCCCO1. The van der Waals surface area contributed by atoms with Gasteiger partial charge in [0.15, 0.2) is 6.29 Å². The predicted octanol–water partition coefficient (Wildman–Crippen LogP) is 3.18. The Bertz CT molecular complexity index is 222. The van der Waals surface area contributed by atoms with E-state index in [4.69, 9.17) is 9.47 Å². The molecule has 0 N–H and O–H groups in total. The van der Waals surface area contributed by atoms with E-state index in [1.54, 1.807) is 6.08 Å². The molecule has 0 aliphatic carbocycles. The summed E-state index contributed by atoms with van der Waals surface area (Å²) in [5, 5.41) is 0. The third-order valence-corrected chi connectivity index (χ3v) is 2.03. The van der Waals surface area contributed by atoms with Crippen molar-refractivity contribution in [2.24, 2.45) is 0 Å². The van der Waals surface area contributed by atoms with Crippen molar-refractivity contribution >= 4 is 0 Å². The Morgan fingerprint density at radius 2 is 2.29 bits per heavy atom. The van der Waals surface area contributed by atoms with E-state index in [1.165, 1.54) is 6.42 Å². The molecule has 0 bridgehead atoms. The summed E-state index contributed by atoms with van der Waals surface area (Å²) in [6.45, 7) is 6.35. The van der Waals surface area contributed by atoms with Gasteiger partial charge in [-0.05, 0) is 25.8 Å². The summed E-state index contributed by atoms with van der Waals surface area (Å²) in [7, 11) is 0. The second kappa shape index (κ2) is 6.44. The number of allylic oxidation sites excluding steroid dienone is 5. The molecule has 1 atom stereocenters. The fourth-order valence-corrected chi connectivity index (χ4v) is 1.32. The van der Waals surface area contributed by atoms with Crippen LogP contribution in [0.25, 0.3) is 0 Å². The first-order valence-corrected chi connectivity index (χ1v) is 5.07. The van der Waals surface area contributed by atoms with Gasteiger partial charge in [-0.3, -0.25) is 0 Å². The van der Waals surface area contributed by atoms with Crippen LogP contribution in [0.5, 0.6) is 0 Å². The van der Waals surface area contributed by atoms with Gasteiger partial charge in [0.05, 0.1) is 12.4 Å². The molecule has 14 heavy (non-hydrogen) atoms. The summed E-state index contributed by atoms with van der Waals surface area (Å²) < 4.78 is 11.0. The molecule has 1 aliphatic rings. The standard InChI is InChI=1S/C12H18O2/c1-3-4-5-8-11(2)14-12-9-6-7-10-13-12/h3-5,8,12H,1,6-7,9-10H2,2H3/b5-4-,11-8+. The molecule has 1 unspecified atom stereocenters. The first kappa shape index (κ1) is 11.1. The van der Waals surface area contributed by atoms with Crippen molar-refractivity contribution in [2.45, 2.75) is 32.5 Å².